The van der Waals surface area contributed by atoms with Gasteiger partial charge in [-0.05, 0) is 18.2 Å². The highest BCUT2D eigenvalue weighted by Crippen LogP contribution is 2.20. The first-order valence-electron chi connectivity index (χ1n) is 6.47. The third-order valence-corrected chi connectivity index (χ3v) is 3.22. The molecule has 0 atom stereocenters. The first-order valence-corrected chi connectivity index (χ1v) is 6.47. The first-order chi connectivity index (χ1) is 9.02. The van der Waals surface area contributed by atoms with Gasteiger partial charge in [0.15, 0.2) is 0 Å². The molecular formula is C14H20N4O. The van der Waals surface area contributed by atoms with Crippen LogP contribution in [0.15, 0.2) is 18.2 Å². The molecule has 0 aliphatic rings. The standard InChI is InChI=1S/C14H20N4O/c1-4-13-16-11-9-10(15)5-6-12(11)18(13)8-7-14(19)17(2)3/h5-6,9H,4,7-8,15H2,1-3H3. The minimum Gasteiger partial charge on any atom is -0.399 e. The van der Waals surface area contributed by atoms with Crippen LogP contribution in [0.2, 0.25) is 0 Å². The van der Waals surface area contributed by atoms with Crippen molar-refractivity contribution in [2.24, 2.45) is 0 Å². The van der Waals surface area contributed by atoms with Crippen molar-refractivity contribution in [3.63, 3.8) is 0 Å². The SMILES string of the molecule is CCc1nc2cc(N)ccc2n1CCC(=O)N(C)C. The van der Waals surface area contributed by atoms with Gasteiger partial charge in [0.2, 0.25) is 5.91 Å². The van der Waals surface area contributed by atoms with Crippen LogP contribution in [-0.2, 0) is 17.8 Å². The molecule has 2 N–H and O–H groups in total. The number of carbonyl (C=O) groups is 1. The lowest BCUT2D eigenvalue weighted by atomic mass is 10.2. The molecule has 1 aromatic heterocycles. The molecule has 0 aliphatic carbocycles. The molecule has 5 heteroatoms. The number of hydrogen-bond acceptors (Lipinski definition) is 3. The van der Waals surface area contributed by atoms with E-state index in [2.05, 4.69) is 16.5 Å². The van der Waals surface area contributed by atoms with Crippen molar-refractivity contribution < 1.29 is 4.79 Å². The number of nitrogens with zero attached hydrogens (tertiary/aromatic N) is 3. The second kappa shape index (κ2) is 5.30. The number of nitrogens with two attached hydrogens (primary N) is 1. The summed E-state index contributed by atoms with van der Waals surface area (Å²) in [6.45, 7) is 2.72. The predicted molar refractivity (Wildman–Crippen MR) is 76.8 cm³/mol. The molecule has 0 saturated heterocycles. The Kier molecular flexibility index (Phi) is 3.74. The van der Waals surface area contributed by atoms with E-state index >= 15 is 0 Å². The van der Waals surface area contributed by atoms with E-state index < -0.39 is 0 Å². The van der Waals surface area contributed by atoms with Gasteiger partial charge in [0.1, 0.15) is 5.82 Å². The Morgan fingerprint density at radius 1 is 1.42 bits per heavy atom. The fraction of sp³-hybridized carbons (Fsp3) is 0.429. The fourth-order valence-corrected chi connectivity index (χ4v) is 2.15. The molecule has 0 radical (unpaired) electrons. The van der Waals surface area contributed by atoms with Gasteiger partial charge in [0.25, 0.3) is 0 Å². The highest BCUT2D eigenvalue weighted by molar-refractivity contribution is 5.80. The van der Waals surface area contributed by atoms with E-state index in [-0.39, 0.29) is 5.91 Å². The highest BCUT2D eigenvalue weighted by atomic mass is 16.2. The zero-order chi connectivity index (χ0) is 14.0. The van der Waals surface area contributed by atoms with Gasteiger partial charge in [-0.15, -0.1) is 0 Å². The summed E-state index contributed by atoms with van der Waals surface area (Å²) in [6.07, 6.45) is 1.32. The van der Waals surface area contributed by atoms with E-state index in [0.29, 0.717) is 18.7 Å². The van der Waals surface area contributed by atoms with Crippen molar-refractivity contribution >= 4 is 22.6 Å². The molecule has 2 rings (SSSR count). The van der Waals surface area contributed by atoms with Crippen molar-refractivity contribution in [2.75, 3.05) is 19.8 Å². The Labute approximate surface area is 113 Å². The number of hydrogen-bond donors (Lipinski definition) is 1. The third kappa shape index (κ3) is 2.70. The maximum atomic E-state index is 11.7. The number of anilines is 1. The van der Waals surface area contributed by atoms with Crippen LogP contribution in [0.5, 0.6) is 0 Å². The number of amides is 1. The topological polar surface area (TPSA) is 64.1 Å². The molecule has 0 fully saturated rings. The number of carbonyl (C=O) groups excluding carboxylic acids is 1. The van der Waals surface area contributed by atoms with E-state index in [1.54, 1.807) is 19.0 Å². The largest absolute Gasteiger partial charge is 0.399 e. The lowest BCUT2D eigenvalue weighted by Crippen LogP contribution is -2.23. The second-order valence-electron chi connectivity index (χ2n) is 4.82. The van der Waals surface area contributed by atoms with Crippen molar-refractivity contribution in [3.8, 4) is 0 Å². The van der Waals surface area contributed by atoms with Gasteiger partial charge in [-0.3, -0.25) is 4.79 Å². The van der Waals surface area contributed by atoms with Crippen LogP contribution in [0.1, 0.15) is 19.2 Å². The summed E-state index contributed by atoms with van der Waals surface area (Å²) >= 11 is 0. The first kappa shape index (κ1) is 13.4. The molecule has 19 heavy (non-hydrogen) atoms. The lowest BCUT2D eigenvalue weighted by Gasteiger charge is -2.12. The summed E-state index contributed by atoms with van der Waals surface area (Å²) in [6, 6.07) is 5.71. The van der Waals surface area contributed by atoms with Crippen molar-refractivity contribution in [1.82, 2.24) is 14.5 Å². The molecule has 0 aliphatic heterocycles. The molecule has 0 bridgehead atoms. The Hall–Kier alpha value is -2.04. The fourth-order valence-electron chi connectivity index (χ4n) is 2.15. The van der Waals surface area contributed by atoms with Crippen molar-refractivity contribution in [2.45, 2.75) is 26.3 Å². The van der Waals surface area contributed by atoms with Crippen LogP contribution in [0.3, 0.4) is 0 Å². The van der Waals surface area contributed by atoms with E-state index in [4.69, 9.17) is 5.73 Å². The zero-order valence-electron chi connectivity index (χ0n) is 11.7. The molecule has 5 nitrogen and oxygen atoms in total. The summed E-state index contributed by atoms with van der Waals surface area (Å²) in [5.74, 6) is 1.12. The smallest absolute Gasteiger partial charge is 0.223 e. The van der Waals surface area contributed by atoms with Crippen LogP contribution < -0.4 is 5.73 Å². The number of fused-ring (bicyclic) bond motifs is 1. The molecular weight excluding hydrogens is 240 g/mol. The monoisotopic (exact) mass is 260 g/mol. The van der Waals surface area contributed by atoms with Crippen LogP contribution in [-0.4, -0.2) is 34.5 Å². The Bertz CT molecular complexity index is 601. The second-order valence-corrected chi connectivity index (χ2v) is 4.82. The minimum absolute atomic E-state index is 0.124. The summed E-state index contributed by atoms with van der Waals surface area (Å²) in [5, 5.41) is 0. The van der Waals surface area contributed by atoms with Crippen molar-refractivity contribution in [1.29, 1.82) is 0 Å². The molecule has 2 aromatic rings. The summed E-state index contributed by atoms with van der Waals surface area (Å²) in [4.78, 5) is 17.9. The normalized spacial score (nSPS) is 10.9. The van der Waals surface area contributed by atoms with Gasteiger partial charge < -0.3 is 15.2 Å². The van der Waals surface area contributed by atoms with Crippen molar-refractivity contribution in [3.05, 3.63) is 24.0 Å². The Morgan fingerprint density at radius 3 is 2.79 bits per heavy atom. The average Bonchev–Trinajstić information content (AvgIpc) is 2.72. The van der Waals surface area contributed by atoms with Gasteiger partial charge in [0.05, 0.1) is 11.0 Å². The predicted octanol–water partition coefficient (Wildman–Crippen LogP) is 1.66. The number of imidazole rings is 1. The number of nitrogen functional groups attached to an aromatic ring is 1. The Balaban J connectivity index is 2.33. The molecule has 1 heterocycles. The molecule has 0 spiro atoms. The average molecular weight is 260 g/mol. The van der Waals surface area contributed by atoms with E-state index in [9.17, 15) is 4.79 Å². The van der Waals surface area contributed by atoms with E-state index in [1.165, 1.54) is 0 Å². The molecule has 1 aromatic carbocycles. The number of aryl methyl sites for hydroxylation is 2. The van der Waals surface area contributed by atoms with Gasteiger partial charge in [-0.2, -0.15) is 0 Å². The molecule has 102 valence electrons. The van der Waals surface area contributed by atoms with Gasteiger partial charge >= 0.3 is 0 Å². The molecule has 1 amide bonds. The minimum atomic E-state index is 0.124. The third-order valence-electron chi connectivity index (χ3n) is 3.22. The molecule has 0 saturated carbocycles. The molecule has 0 unspecified atom stereocenters. The maximum absolute atomic E-state index is 11.7. The maximum Gasteiger partial charge on any atom is 0.223 e. The van der Waals surface area contributed by atoms with Crippen LogP contribution >= 0.6 is 0 Å². The number of aromatic nitrogens is 2. The van der Waals surface area contributed by atoms with E-state index in [1.807, 2.05) is 18.2 Å². The lowest BCUT2D eigenvalue weighted by molar-refractivity contribution is -0.128. The Morgan fingerprint density at radius 2 is 2.16 bits per heavy atom. The van der Waals surface area contributed by atoms with Gasteiger partial charge in [-0.1, -0.05) is 6.92 Å². The summed E-state index contributed by atoms with van der Waals surface area (Å²) in [7, 11) is 3.55. The van der Waals surface area contributed by atoms with Gasteiger partial charge in [0, 0.05) is 39.2 Å². The number of rotatable bonds is 4. The van der Waals surface area contributed by atoms with E-state index in [0.717, 1.165) is 23.3 Å². The summed E-state index contributed by atoms with van der Waals surface area (Å²) < 4.78 is 2.11. The summed E-state index contributed by atoms with van der Waals surface area (Å²) in [5.41, 5.74) is 8.43. The van der Waals surface area contributed by atoms with Gasteiger partial charge in [-0.25, -0.2) is 4.98 Å². The quantitative estimate of drug-likeness (QED) is 0.850. The zero-order valence-corrected chi connectivity index (χ0v) is 11.7. The van der Waals surface area contributed by atoms with Crippen LogP contribution in [0.4, 0.5) is 5.69 Å². The van der Waals surface area contributed by atoms with Crippen LogP contribution in [0.25, 0.3) is 11.0 Å². The van der Waals surface area contributed by atoms with Crippen LogP contribution in [0, 0.1) is 0 Å². The number of benzene rings is 1. The highest BCUT2D eigenvalue weighted by Gasteiger charge is 2.11.